The zero-order chi connectivity index (χ0) is 37.1. The third kappa shape index (κ3) is 4.56. The van der Waals surface area contributed by atoms with Crippen LogP contribution < -0.4 is 10.6 Å². The molecule has 0 aromatic heterocycles. The van der Waals surface area contributed by atoms with Crippen molar-refractivity contribution in [2.24, 2.45) is 0 Å². The topological polar surface area (TPSA) is 24.1 Å². The smallest absolute Gasteiger partial charge is 0.104 e. The zero-order valence-corrected chi connectivity index (χ0v) is 32.0. The highest BCUT2D eigenvalue weighted by Gasteiger charge is 2.40. The van der Waals surface area contributed by atoms with E-state index in [0.29, 0.717) is 0 Å². The zero-order valence-electron chi connectivity index (χ0n) is 31.2. The maximum Gasteiger partial charge on any atom is 0.104 e. The normalized spacial score (nSPS) is 17.9. The van der Waals surface area contributed by atoms with Crippen LogP contribution in [0, 0.1) is 0 Å². The van der Waals surface area contributed by atoms with Crippen LogP contribution in [0.2, 0.25) is 0 Å². The second-order valence-corrected chi connectivity index (χ2v) is 17.2. The number of rotatable bonds is 3. The summed E-state index contributed by atoms with van der Waals surface area (Å²) >= 11 is 1.90. The van der Waals surface area contributed by atoms with Gasteiger partial charge in [0.05, 0.1) is 11.7 Å². The molecule has 2 atom stereocenters. The first kappa shape index (κ1) is 32.1. The number of fused-ring (bicyclic) bond motifs is 13. The molecule has 2 aliphatic heterocycles. The highest BCUT2D eigenvalue weighted by Crippen LogP contribution is 2.57. The van der Waals surface area contributed by atoms with Gasteiger partial charge in [0.2, 0.25) is 0 Å². The fraction of sp³-hybridized carbons (Fsp3) is 0.0943. The van der Waals surface area contributed by atoms with E-state index in [9.17, 15) is 0 Å². The second kappa shape index (κ2) is 11.9. The van der Waals surface area contributed by atoms with E-state index in [-0.39, 0.29) is 17.6 Å². The van der Waals surface area contributed by atoms with Gasteiger partial charge in [0.25, 0.3) is 0 Å². The summed E-state index contributed by atoms with van der Waals surface area (Å²) in [7, 11) is 0. The summed E-state index contributed by atoms with van der Waals surface area (Å²) in [5.41, 5.74) is 12.9. The average molecular weight is 735 g/mol. The predicted molar refractivity (Wildman–Crippen MR) is 237 cm³/mol. The van der Waals surface area contributed by atoms with Crippen molar-refractivity contribution in [3.8, 4) is 22.3 Å². The van der Waals surface area contributed by atoms with Crippen molar-refractivity contribution in [1.82, 2.24) is 10.6 Å². The molecule has 3 aliphatic rings. The molecule has 266 valence electrons. The van der Waals surface area contributed by atoms with Gasteiger partial charge in [0.15, 0.2) is 0 Å². The first-order chi connectivity index (χ1) is 27.5. The summed E-state index contributed by atoms with van der Waals surface area (Å²) in [6, 6.07) is 63.5. The maximum absolute atomic E-state index is 3.99. The van der Waals surface area contributed by atoms with E-state index < -0.39 is 0 Å². The molecule has 3 heteroatoms. The minimum Gasteiger partial charge on any atom is -0.365 e. The molecule has 9 aromatic carbocycles. The molecule has 0 radical (unpaired) electrons. The van der Waals surface area contributed by atoms with Crippen LogP contribution in [0.4, 0.5) is 0 Å². The standard InChI is InChI=1S/C53H38N2S/c1-53(2)44-30-34(49-51-50(42-22-12-13-23-46(42)56-51)55-52(54-49)31-14-4-3-5-15-31)25-27-41(44)48-45(53)29-32-16-6-7-17-35(32)47(48)33-24-26-40-38-20-9-8-18-36(38)37-19-10-11-21-39(37)43(40)28-33/h3-30,50,52,54-55H,1-2H3. The molecule has 0 saturated carbocycles. The van der Waals surface area contributed by atoms with Crippen LogP contribution >= 0.6 is 11.8 Å². The van der Waals surface area contributed by atoms with Gasteiger partial charge >= 0.3 is 0 Å². The largest absolute Gasteiger partial charge is 0.365 e. The van der Waals surface area contributed by atoms with Crippen LogP contribution in [0.15, 0.2) is 180 Å². The Kier molecular flexibility index (Phi) is 6.85. The van der Waals surface area contributed by atoms with E-state index in [2.05, 4.69) is 194 Å². The van der Waals surface area contributed by atoms with Gasteiger partial charge in [-0.25, -0.2) is 0 Å². The van der Waals surface area contributed by atoms with Crippen molar-refractivity contribution in [2.75, 3.05) is 0 Å². The summed E-state index contributed by atoms with van der Waals surface area (Å²) < 4.78 is 0. The van der Waals surface area contributed by atoms with Crippen molar-refractivity contribution in [1.29, 1.82) is 0 Å². The SMILES string of the molecule is CC1(C)c2cc(C3=C4Sc5ccccc5C4NC(c4ccccc4)N3)ccc2-c2c1cc1ccccc1c2-c1ccc2c3ccccc3c3ccccc3c2c1. The van der Waals surface area contributed by atoms with Crippen molar-refractivity contribution < 1.29 is 0 Å². The molecule has 9 aromatic rings. The number of benzene rings is 9. The monoisotopic (exact) mass is 734 g/mol. The number of nitrogens with one attached hydrogen (secondary N) is 2. The van der Waals surface area contributed by atoms with Gasteiger partial charge in [-0.05, 0) is 117 Å². The van der Waals surface area contributed by atoms with Gasteiger partial charge in [0.1, 0.15) is 6.17 Å². The third-order valence-corrected chi connectivity index (χ3v) is 14.0. The van der Waals surface area contributed by atoms with Crippen LogP contribution in [-0.2, 0) is 5.41 Å². The molecule has 1 aliphatic carbocycles. The van der Waals surface area contributed by atoms with E-state index in [4.69, 9.17) is 0 Å². The summed E-state index contributed by atoms with van der Waals surface area (Å²) in [6.45, 7) is 4.84. The maximum atomic E-state index is 3.99. The lowest BCUT2D eigenvalue weighted by atomic mass is 9.80. The second-order valence-electron chi connectivity index (χ2n) is 16.1. The molecule has 56 heavy (non-hydrogen) atoms. The molecule has 12 rings (SSSR count). The summed E-state index contributed by atoms with van der Waals surface area (Å²) in [6.07, 6.45) is -0.0109. The molecule has 0 saturated heterocycles. The Morgan fingerprint density at radius 1 is 0.500 bits per heavy atom. The summed E-state index contributed by atoms with van der Waals surface area (Å²) in [5.74, 6) is 0. The molecule has 2 heterocycles. The lowest BCUT2D eigenvalue weighted by molar-refractivity contribution is 0.439. The van der Waals surface area contributed by atoms with Gasteiger partial charge in [-0.2, -0.15) is 0 Å². The molecule has 0 spiro atoms. The molecule has 0 fully saturated rings. The lowest BCUT2D eigenvalue weighted by Crippen LogP contribution is -2.40. The molecule has 2 unspecified atom stereocenters. The molecule has 2 N–H and O–H groups in total. The van der Waals surface area contributed by atoms with Gasteiger partial charge in [-0.1, -0.05) is 171 Å². The van der Waals surface area contributed by atoms with Crippen LogP contribution in [0.25, 0.3) is 71.0 Å². The Bertz CT molecular complexity index is 3120. The van der Waals surface area contributed by atoms with Crippen LogP contribution in [0.1, 0.15) is 53.9 Å². The van der Waals surface area contributed by atoms with E-state index in [1.807, 2.05) is 11.8 Å². The molecular formula is C53H38N2S. The highest BCUT2D eigenvalue weighted by atomic mass is 32.2. The van der Waals surface area contributed by atoms with Crippen molar-refractivity contribution in [3.05, 3.63) is 203 Å². The van der Waals surface area contributed by atoms with Gasteiger partial charge in [-0.15, -0.1) is 0 Å². The molecule has 0 amide bonds. The van der Waals surface area contributed by atoms with Gasteiger partial charge in [-0.3, -0.25) is 5.32 Å². The molecule has 0 bridgehead atoms. The van der Waals surface area contributed by atoms with Gasteiger partial charge in [0, 0.05) is 15.2 Å². The van der Waals surface area contributed by atoms with Crippen molar-refractivity contribution >= 4 is 60.5 Å². The minimum atomic E-state index is -0.207. The third-order valence-electron chi connectivity index (χ3n) is 12.7. The average Bonchev–Trinajstić information content (AvgIpc) is 3.74. The van der Waals surface area contributed by atoms with E-state index >= 15 is 0 Å². The molecule has 2 nitrogen and oxygen atoms in total. The Morgan fingerprint density at radius 3 is 1.89 bits per heavy atom. The fourth-order valence-corrected chi connectivity index (χ4v) is 11.3. The predicted octanol–water partition coefficient (Wildman–Crippen LogP) is 13.7. The summed E-state index contributed by atoms with van der Waals surface area (Å²) in [5, 5.41) is 18.3. The number of hydrogen-bond donors (Lipinski definition) is 2. The lowest BCUT2D eigenvalue weighted by Gasteiger charge is -2.34. The summed E-state index contributed by atoms with van der Waals surface area (Å²) in [4.78, 5) is 2.67. The fourth-order valence-electron chi connectivity index (χ4n) is 10.0. The van der Waals surface area contributed by atoms with Crippen LogP contribution in [0.5, 0.6) is 0 Å². The Morgan fingerprint density at radius 2 is 1.12 bits per heavy atom. The van der Waals surface area contributed by atoms with E-state index in [0.717, 1.165) is 0 Å². The Labute approximate surface area is 330 Å². The molecular weight excluding hydrogens is 697 g/mol. The highest BCUT2D eigenvalue weighted by molar-refractivity contribution is 8.03. The van der Waals surface area contributed by atoms with Crippen LogP contribution in [-0.4, -0.2) is 0 Å². The Hall–Kier alpha value is -6.13. The van der Waals surface area contributed by atoms with E-state index in [1.165, 1.54) is 109 Å². The van der Waals surface area contributed by atoms with E-state index in [1.54, 1.807) is 0 Å². The number of thioether (sulfide) groups is 1. The Balaban J connectivity index is 1.07. The first-order valence-electron chi connectivity index (χ1n) is 19.7. The number of hydrogen-bond acceptors (Lipinski definition) is 3. The van der Waals surface area contributed by atoms with Crippen molar-refractivity contribution in [2.45, 2.75) is 36.4 Å². The van der Waals surface area contributed by atoms with Gasteiger partial charge < -0.3 is 5.32 Å². The minimum absolute atomic E-state index is 0.0109. The first-order valence-corrected chi connectivity index (χ1v) is 20.5. The van der Waals surface area contributed by atoms with Crippen molar-refractivity contribution in [3.63, 3.8) is 0 Å². The quantitative estimate of drug-likeness (QED) is 0.177. The van der Waals surface area contributed by atoms with Crippen LogP contribution in [0.3, 0.4) is 0 Å².